The van der Waals surface area contributed by atoms with Gasteiger partial charge >= 0.3 is 6.09 Å². The fraction of sp³-hybridized carbons (Fsp3) is 0.500. The number of carbonyl (C=O) groups is 1. The quantitative estimate of drug-likeness (QED) is 0.668. The Morgan fingerprint density at radius 1 is 1.31 bits per heavy atom. The Balaban J connectivity index is 2.15. The highest BCUT2D eigenvalue weighted by atomic mass is 16.6. The average molecular weight is 401 g/mol. The number of aliphatic hydroxyl groups is 1. The Morgan fingerprint density at radius 3 is 2.69 bits per heavy atom. The van der Waals surface area contributed by atoms with Crippen LogP contribution in [0.1, 0.15) is 59.9 Å². The first-order chi connectivity index (χ1) is 13.5. The standard InChI is InChI=1S/C22H32N4O3/c1-15(2)9-7-10-16(3)13-18(27)14-17-11-8-12-19-20(17)26(25-23-19)24-21(28)29-22(4,5)6/h8-9,11-13,18,27H,7,10,14H2,1-6H3,(H,24,28)/b16-13+. The zero-order chi connectivity index (χ0) is 21.6. The average Bonchev–Trinajstić information content (AvgIpc) is 2.96. The van der Waals surface area contributed by atoms with Gasteiger partial charge in [-0.15, -0.1) is 9.89 Å². The van der Waals surface area contributed by atoms with Crippen molar-refractivity contribution < 1.29 is 14.6 Å². The number of ether oxygens (including phenoxy) is 1. The number of hydrogen-bond acceptors (Lipinski definition) is 5. The fourth-order valence-electron chi connectivity index (χ4n) is 2.96. The number of amides is 1. The number of nitrogens with zero attached hydrogens (tertiary/aromatic N) is 3. The molecule has 0 saturated heterocycles. The Hall–Kier alpha value is -2.67. The molecule has 2 N–H and O–H groups in total. The molecule has 1 heterocycles. The van der Waals surface area contributed by atoms with Gasteiger partial charge in [0.15, 0.2) is 0 Å². The zero-order valence-corrected chi connectivity index (χ0v) is 18.2. The van der Waals surface area contributed by atoms with E-state index >= 15 is 0 Å². The van der Waals surface area contributed by atoms with Gasteiger partial charge in [-0.05, 0) is 71.2 Å². The van der Waals surface area contributed by atoms with Crippen molar-refractivity contribution in [1.82, 2.24) is 15.1 Å². The number of nitrogens with one attached hydrogen (secondary N) is 1. The molecule has 0 fully saturated rings. The summed E-state index contributed by atoms with van der Waals surface area (Å²) in [5.41, 5.74) is 6.53. The summed E-state index contributed by atoms with van der Waals surface area (Å²) in [7, 11) is 0. The molecular formula is C22H32N4O3. The molecule has 7 nitrogen and oxygen atoms in total. The second-order valence-corrected chi connectivity index (χ2v) is 8.50. The summed E-state index contributed by atoms with van der Waals surface area (Å²) in [5.74, 6) is 0. The van der Waals surface area contributed by atoms with Crippen LogP contribution in [0.2, 0.25) is 0 Å². The molecule has 1 amide bonds. The third kappa shape index (κ3) is 7.34. The molecule has 158 valence electrons. The van der Waals surface area contributed by atoms with Crippen molar-refractivity contribution in [1.29, 1.82) is 0 Å². The topological polar surface area (TPSA) is 89.3 Å². The normalized spacial score (nSPS) is 13.3. The van der Waals surface area contributed by atoms with E-state index in [1.165, 1.54) is 10.4 Å². The number of hydrogen-bond donors (Lipinski definition) is 2. The Bertz CT molecular complexity index is 902. The summed E-state index contributed by atoms with van der Waals surface area (Å²) in [4.78, 5) is 13.4. The molecule has 1 aromatic heterocycles. The maximum absolute atomic E-state index is 12.1. The van der Waals surface area contributed by atoms with E-state index < -0.39 is 17.8 Å². The van der Waals surface area contributed by atoms with E-state index in [0.717, 1.165) is 24.0 Å². The van der Waals surface area contributed by atoms with Gasteiger partial charge in [0.25, 0.3) is 0 Å². The zero-order valence-electron chi connectivity index (χ0n) is 18.2. The summed E-state index contributed by atoms with van der Waals surface area (Å²) in [5, 5.41) is 18.6. The van der Waals surface area contributed by atoms with Crippen molar-refractivity contribution in [2.24, 2.45) is 0 Å². The summed E-state index contributed by atoms with van der Waals surface area (Å²) < 4.78 is 5.29. The SMILES string of the molecule is CC(C)=CCC/C(C)=C/C(O)Cc1cccc2nnn(NC(=O)OC(C)(C)C)c12. The monoisotopic (exact) mass is 400 g/mol. The molecule has 0 radical (unpaired) electrons. The lowest BCUT2D eigenvalue weighted by molar-refractivity contribution is 0.0610. The number of fused-ring (bicyclic) bond motifs is 1. The summed E-state index contributed by atoms with van der Waals surface area (Å²) in [6.45, 7) is 11.6. The molecule has 29 heavy (non-hydrogen) atoms. The first-order valence-electron chi connectivity index (χ1n) is 9.87. The number of benzene rings is 1. The first-order valence-corrected chi connectivity index (χ1v) is 9.87. The number of rotatable bonds is 7. The number of carbonyl (C=O) groups excluding carboxylic acids is 1. The summed E-state index contributed by atoms with van der Waals surface area (Å²) in [6.07, 6.45) is 5.08. The van der Waals surface area contributed by atoms with Gasteiger partial charge in [-0.25, -0.2) is 10.2 Å². The van der Waals surface area contributed by atoms with Crippen LogP contribution in [0.3, 0.4) is 0 Å². The van der Waals surface area contributed by atoms with Crippen LogP contribution in [0.15, 0.2) is 41.5 Å². The van der Waals surface area contributed by atoms with Crippen molar-refractivity contribution in [3.63, 3.8) is 0 Å². The Labute approximate surface area is 172 Å². The maximum atomic E-state index is 12.1. The minimum Gasteiger partial charge on any atom is -0.443 e. The van der Waals surface area contributed by atoms with Gasteiger partial charge < -0.3 is 9.84 Å². The summed E-state index contributed by atoms with van der Waals surface area (Å²) >= 11 is 0. The molecule has 2 rings (SSSR count). The van der Waals surface area contributed by atoms with Crippen molar-refractivity contribution >= 4 is 17.1 Å². The van der Waals surface area contributed by atoms with Gasteiger partial charge in [0.2, 0.25) is 0 Å². The van der Waals surface area contributed by atoms with E-state index in [0.29, 0.717) is 17.5 Å². The molecule has 0 bridgehead atoms. The molecule has 0 aliphatic carbocycles. The van der Waals surface area contributed by atoms with E-state index in [-0.39, 0.29) is 0 Å². The van der Waals surface area contributed by atoms with Crippen LogP contribution in [0.25, 0.3) is 11.0 Å². The van der Waals surface area contributed by atoms with Crippen molar-refractivity contribution in [2.45, 2.75) is 72.5 Å². The van der Waals surface area contributed by atoms with Crippen LogP contribution < -0.4 is 5.43 Å². The lowest BCUT2D eigenvalue weighted by Crippen LogP contribution is -2.32. The highest BCUT2D eigenvalue weighted by Crippen LogP contribution is 2.19. The second-order valence-electron chi connectivity index (χ2n) is 8.50. The Kier molecular flexibility index (Phi) is 7.56. The minimum atomic E-state index is -0.642. The van der Waals surface area contributed by atoms with Gasteiger partial charge in [0, 0.05) is 6.42 Å². The third-order valence-corrected chi connectivity index (χ3v) is 4.15. The van der Waals surface area contributed by atoms with Gasteiger partial charge in [-0.1, -0.05) is 35.4 Å². The molecule has 0 aliphatic heterocycles. The molecular weight excluding hydrogens is 368 g/mol. The molecule has 0 spiro atoms. The van der Waals surface area contributed by atoms with Crippen LogP contribution >= 0.6 is 0 Å². The van der Waals surface area contributed by atoms with Crippen LogP contribution in [-0.4, -0.2) is 38.0 Å². The van der Waals surface area contributed by atoms with Gasteiger partial charge in [-0.3, -0.25) is 0 Å². The van der Waals surface area contributed by atoms with Crippen molar-refractivity contribution in [2.75, 3.05) is 5.43 Å². The molecule has 1 unspecified atom stereocenters. The number of allylic oxidation sites excluding steroid dienone is 3. The second kappa shape index (κ2) is 9.69. The fourth-order valence-corrected chi connectivity index (χ4v) is 2.96. The predicted molar refractivity (Wildman–Crippen MR) is 115 cm³/mol. The Morgan fingerprint density at radius 2 is 2.03 bits per heavy atom. The van der Waals surface area contributed by atoms with Gasteiger partial charge in [-0.2, -0.15) is 0 Å². The first kappa shape index (κ1) is 22.6. The number of aromatic nitrogens is 3. The largest absolute Gasteiger partial charge is 0.443 e. The lowest BCUT2D eigenvalue weighted by atomic mass is 10.0. The van der Waals surface area contributed by atoms with Gasteiger partial charge in [0.1, 0.15) is 16.6 Å². The predicted octanol–water partition coefficient (Wildman–Crippen LogP) is 4.51. The van der Waals surface area contributed by atoms with Crippen molar-refractivity contribution in [3.05, 3.63) is 47.1 Å². The van der Waals surface area contributed by atoms with E-state index in [2.05, 4.69) is 35.7 Å². The summed E-state index contributed by atoms with van der Waals surface area (Å²) in [6, 6.07) is 5.57. The van der Waals surface area contributed by atoms with Crippen LogP contribution in [0.5, 0.6) is 0 Å². The molecule has 1 aromatic carbocycles. The smallest absolute Gasteiger partial charge is 0.428 e. The number of para-hydroxylation sites is 1. The molecule has 0 aliphatic rings. The van der Waals surface area contributed by atoms with Gasteiger partial charge in [0.05, 0.1) is 6.10 Å². The van der Waals surface area contributed by atoms with E-state index in [4.69, 9.17) is 4.74 Å². The van der Waals surface area contributed by atoms with E-state index in [1.807, 2.05) is 31.2 Å². The highest BCUT2D eigenvalue weighted by Gasteiger charge is 2.19. The third-order valence-electron chi connectivity index (χ3n) is 4.15. The van der Waals surface area contributed by atoms with Crippen LogP contribution in [0, 0.1) is 0 Å². The van der Waals surface area contributed by atoms with Crippen molar-refractivity contribution in [3.8, 4) is 0 Å². The highest BCUT2D eigenvalue weighted by molar-refractivity contribution is 5.83. The maximum Gasteiger partial charge on any atom is 0.428 e. The number of aliphatic hydroxyl groups excluding tert-OH is 1. The van der Waals surface area contributed by atoms with E-state index in [9.17, 15) is 9.90 Å². The molecule has 7 heteroatoms. The van der Waals surface area contributed by atoms with E-state index in [1.54, 1.807) is 20.8 Å². The molecule has 0 saturated carbocycles. The molecule has 2 aromatic rings. The molecule has 1 atom stereocenters. The lowest BCUT2D eigenvalue weighted by Gasteiger charge is -2.19. The minimum absolute atomic E-state index is 0.390. The van der Waals surface area contributed by atoms with Crippen LogP contribution in [0.4, 0.5) is 4.79 Å². The van der Waals surface area contributed by atoms with Crippen LogP contribution in [-0.2, 0) is 11.2 Å².